The number of benzene rings is 1. The average molecular weight is 384 g/mol. The maximum Gasteiger partial charge on any atom is 0.407 e. The molecule has 0 saturated heterocycles. The van der Waals surface area contributed by atoms with Crippen LogP contribution in [0.5, 0.6) is 5.88 Å². The summed E-state index contributed by atoms with van der Waals surface area (Å²) in [5.74, 6) is 0.486. The summed E-state index contributed by atoms with van der Waals surface area (Å²) >= 11 is 0. The van der Waals surface area contributed by atoms with Crippen LogP contribution in [-0.4, -0.2) is 51.0 Å². The van der Waals surface area contributed by atoms with Crippen molar-refractivity contribution in [3.05, 3.63) is 41.1 Å². The summed E-state index contributed by atoms with van der Waals surface area (Å²) in [6.45, 7) is 6.49. The molecule has 2 aromatic rings. The van der Waals surface area contributed by atoms with E-state index in [1.807, 2.05) is 16.8 Å². The lowest BCUT2D eigenvalue weighted by Gasteiger charge is -2.35. The Morgan fingerprint density at radius 3 is 2.68 bits per heavy atom. The molecule has 148 valence electrons. The molecular formula is C20H24N4O4. The first-order chi connectivity index (χ1) is 13.4. The summed E-state index contributed by atoms with van der Waals surface area (Å²) in [5.41, 5.74) is 3.80. The van der Waals surface area contributed by atoms with Gasteiger partial charge in [-0.15, -0.1) is 5.10 Å². The van der Waals surface area contributed by atoms with Crippen molar-refractivity contribution in [3.8, 4) is 11.6 Å². The van der Waals surface area contributed by atoms with Gasteiger partial charge in [0.15, 0.2) is 6.10 Å². The zero-order chi connectivity index (χ0) is 20.0. The minimum atomic E-state index is -1.02. The first-order valence-electron chi connectivity index (χ1n) is 9.53. The van der Waals surface area contributed by atoms with Crippen molar-refractivity contribution in [1.29, 1.82) is 0 Å². The Balaban J connectivity index is 1.83. The Labute approximate surface area is 163 Å². The fraction of sp³-hybridized carbons (Fsp3) is 0.450. The van der Waals surface area contributed by atoms with Crippen LogP contribution in [0.25, 0.3) is 5.69 Å². The third-order valence-corrected chi connectivity index (χ3v) is 5.46. The quantitative estimate of drug-likeness (QED) is 0.829. The van der Waals surface area contributed by atoms with E-state index in [1.165, 1.54) is 10.5 Å². The molecule has 2 unspecified atom stereocenters. The van der Waals surface area contributed by atoms with Crippen molar-refractivity contribution in [2.24, 2.45) is 0 Å². The molecule has 2 N–H and O–H groups in total. The van der Waals surface area contributed by atoms with Gasteiger partial charge in [0.1, 0.15) is 0 Å². The number of rotatable bonds is 2. The van der Waals surface area contributed by atoms with E-state index in [2.05, 4.69) is 36.4 Å². The number of hydrogen-bond acceptors (Lipinski definition) is 4. The number of carbonyl (C=O) groups excluding carboxylic acids is 1. The lowest BCUT2D eigenvalue weighted by atomic mass is 9.97. The van der Waals surface area contributed by atoms with E-state index in [1.54, 1.807) is 6.92 Å². The van der Waals surface area contributed by atoms with Crippen LogP contribution < -0.4 is 10.1 Å². The largest absolute Gasteiger partial charge is 0.465 e. The van der Waals surface area contributed by atoms with Crippen LogP contribution in [0.2, 0.25) is 0 Å². The number of aromatic nitrogens is 2. The summed E-state index contributed by atoms with van der Waals surface area (Å²) in [5, 5.41) is 17.0. The van der Waals surface area contributed by atoms with Gasteiger partial charge in [-0.25, -0.2) is 9.48 Å². The van der Waals surface area contributed by atoms with Gasteiger partial charge in [-0.1, -0.05) is 26.0 Å². The van der Waals surface area contributed by atoms with Crippen LogP contribution in [0, 0.1) is 0 Å². The van der Waals surface area contributed by atoms with Gasteiger partial charge < -0.3 is 15.2 Å². The Morgan fingerprint density at radius 2 is 2.04 bits per heavy atom. The van der Waals surface area contributed by atoms with E-state index in [0.29, 0.717) is 24.8 Å². The molecule has 3 heterocycles. The minimum absolute atomic E-state index is 0.205. The Hall–Kier alpha value is -3.03. The molecule has 1 aromatic heterocycles. The SMILES string of the molecule is CC1Oc2nn(-c3ccc(C(C)C)cc3)c3c2C(CNC1=O)N(C(=O)O)CC3. The van der Waals surface area contributed by atoms with Crippen molar-refractivity contribution < 1.29 is 19.4 Å². The van der Waals surface area contributed by atoms with E-state index < -0.39 is 18.2 Å². The Kier molecular flexibility index (Phi) is 4.49. The van der Waals surface area contributed by atoms with E-state index in [0.717, 1.165) is 16.9 Å². The molecule has 0 saturated carbocycles. The molecule has 28 heavy (non-hydrogen) atoms. The number of nitrogens with zero attached hydrogens (tertiary/aromatic N) is 3. The third-order valence-electron chi connectivity index (χ3n) is 5.46. The van der Waals surface area contributed by atoms with Crippen LogP contribution in [-0.2, 0) is 11.2 Å². The summed E-state index contributed by atoms with van der Waals surface area (Å²) in [7, 11) is 0. The standard InChI is InChI=1S/C20H24N4O4/c1-11(2)13-4-6-14(7-5-13)24-15-8-9-23(20(26)27)16-10-21-18(25)12(3)28-19(22-24)17(15)16/h4-7,11-12,16H,8-10H2,1-3H3,(H,21,25)(H,26,27). The van der Waals surface area contributed by atoms with Crippen LogP contribution in [0.15, 0.2) is 24.3 Å². The van der Waals surface area contributed by atoms with Gasteiger partial charge in [0, 0.05) is 19.5 Å². The normalized spacial score (nSPS) is 21.4. The molecule has 2 aliphatic heterocycles. The van der Waals surface area contributed by atoms with Gasteiger partial charge >= 0.3 is 6.09 Å². The number of ether oxygens (including phenoxy) is 1. The number of hydrogen-bond donors (Lipinski definition) is 2. The fourth-order valence-electron chi connectivity index (χ4n) is 3.86. The Morgan fingerprint density at radius 1 is 1.32 bits per heavy atom. The predicted octanol–water partition coefficient (Wildman–Crippen LogP) is 2.47. The highest BCUT2D eigenvalue weighted by atomic mass is 16.5. The zero-order valence-electron chi connectivity index (χ0n) is 16.2. The average Bonchev–Trinajstić information content (AvgIpc) is 3.03. The Bertz CT molecular complexity index is 919. The number of nitrogens with one attached hydrogen (secondary N) is 1. The first kappa shape index (κ1) is 18.3. The summed E-state index contributed by atoms with van der Waals surface area (Å²) in [6, 6.07) is 7.65. The molecule has 8 nitrogen and oxygen atoms in total. The minimum Gasteiger partial charge on any atom is -0.465 e. The zero-order valence-corrected chi connectivity index (χ0v) is 16.2. The first-order valence-corrected chi connectivity index (χ1v) is 9.53. The highest BCUT2D eigenvalue weighted by Crippen LogP contribution is 2.38. The van der Waals surface area contributed by atoms with Gasteiger partial charge in [0.05, 0.1) is 23.0 Å². The van der Waals surface area contributed by atoms with Crippen LogP contribution in [0.1, 0.15) is 49.6 Å². The molecule has 8 heteroatoms. The molecule has 0 radical (unpaired) electrons. The molecule has 4 rings (SSSR count). The molecule has 0 fully saturated rings. The number of carboxylic acid groups (broad SMARTS) is 1. The van der Waals surface area contributed by atoms with E-state index in [-0.39, 0.29) is 12.5 Å². The van der Waals surface area contributed by atoms with Crippen LogP contribution in [0.4, 0.5) is 4.79 Å². The molecule has 0 aliphatic carbocycles. The van der Waals surface area contributed by atoms with Crippen LogP contribution >= 0.6 is 0 Å². The molecule has 2 amide bonds. The van der Waals surface area contributed by atoms with Crippen molar-refractivity contribution in [2.75, 3.05) is 13.1 Å². The maximum atomic E-state index is 12.2. The smallest absolute Gasteiger partial charge is 0.407 e. The molecule has 0 spiro atoms. The second-order valence-corrected chi connectivity index (χ2v) is 7.57. The van der Waals surface area contributed by atoms with E-state index in [9.17, 15) is 14.7 Å². The van der Waals surface area contributed by atoms with Gasteiger partial charge in [0.25, 0.3) is 5.91 Å². The predicted molar refractivity (Wildman–Crippen MR) is 102 cm³/mol. The highest BCUT2D eigenvalue weighted by molar-refractivity contribution is 5.81. The van der Waals surface area contributed by atoms with Crippen LogP contribution in [0.3, 0.4) is 0 Å². The molecule has 1 aromatic carbocycles. The van der Waals surface area contributed by atoms with E-state index >= 15 is 0 Å². The second-order valence-electron chi connectivity index (χ2n) is 7.57. The van der Waals surface area contributed by atoms with Gasteiger partial charge in [-0.2, -0.15) is 0 Å². The van der Waals surface area contributed by atoms with Gasteiger partial charge in [0.2, 0.25) is 5.88 Å². The van der Waals surface area contributed by atoms with Gasteiger partial charge in [-0.3, -0.25) is 9.69 Å². The summed E-state index contributed by atoms with van der Waals surface area (Å²) in [4.78, 5) is 25.2. The number of amides is 2. The molecular weight excluding hydrogens is 360 g/mol. The maximum absolute atomic E-state index is 12.2. The van der Waals surface area contributed by atoms with Crippen molar-refractivity contribution in [1.82, 2.24) is 20.0 Å². The molecule has 2 atom stereocenters. The monoisotopic (exact) mass is 384 g/mol. The van der Waals surface area contributed by atoms with Crippen molar-refractivity contribution in [2.45, 2.75) is 45.3 Å². The third kappa shape index (κ3) is 2.98. The topological polar surface area (TPSA) is 96.7 Å². The van der Waals surface area contributed by atoms with Gasteiger partial charge in [-0.05, 0) is 30.5 Å². The molecule has 0 bridgehead atoms. The highest BCUT2D eigenvalue weighted by Gasteiger charge is 2.39. The fourth-order valence-corrected chi connectivity index (χ4v) is 3.86. The lowest BCUT2D eigenvalue weighted by Crippen LogP contribution is -2.48. The summed E-state index contributed by atoms with van der Waals surface area (Å²) in [6.07, 6.45) is -1.18. The summed E-state index contributed by atoms with van der Waals surface area (Å²) < 4.78 is 7.65. The second kappa shape index (κ2) is 6.85. The lowest BCUT2D eigenvalue weighted by molar-refractivity contribution is -0.128. The van der Waals surface area contributed by atoms with Crippen molar-refractivity contribution in [3.63, 3.8) is 0 Å². The molecule has 2 aliphatic rings. The van der Waals surface area contributed by atoms with Crippen molar-refractivity contribution >= 4 is 12.0 Å². The van der Waals surface area contributed by atoms with E-state index in [4.69, 9.17) is 4.74 Å². The number of carbonyl (C=O) groups is 2.